The fraction of sp³-hybridized carbons (Fsp3) is 0.538. The molecule has 0 bridgehead atoms. The maximum Gasteiger partial charge on any atom is 0.0323 e. The molecule has 2 fully saturated rings. The zero-order valence-electron chi connectivity index (χ0n) is 8.66. The van der Waals surface area contributed by atoms with E-state index in [0.29, 0.717) is 6.04 Å². The normalized spacial score (nSPS) is 35.1. The molecule has 0 radical (unpaired) electrons. The van der Waals surface area contributed by atoms with Crippen LogP contribution in [-0.4, -0.2) is 6.54 Å². The molecule has 0 aromatic heterocycles. The molecule has 3 rings (SSSR count). The van der Waals surface area contributed by atoms with Gasteiger partial charge >= 0.3 is 0 Å². The Hall–Kier alpha value is -0.820. The monoisotopic (exact) mass is 187 g/mol. The Morgan fingerprint density at radius 3 is 2.57 bits per heavy atom. The Morgan fingerprint density at radius 1 is 1.07 bits per heavy atom. The van der Waals surface area contributed by atoms with Gasteiger partial charge in [0.15, 0.2) is 0 Å². The van der Waals surface area contributed by atoms with Crippen LogP contribution in [0.1, 0.15) is 30.0 Å². The van der Waals surface area contributed by atoms with Gasteiger partial charge < -0.3 is 5.32 Å². The highest BCUT2D eigenvalue weighted by atomic mass is 15.0. The van der Waals surface area contributed by atoms with Crippen molar-refractivity contribution < 1.29 is 0 Å². The van der Waals surface area contributed by atoms with Crippen LogP contribution in [0.15, 0.2) is 24.3 Å². The van der Waals surface area contributed by atoms with E-state index >= 15 is 0 Å². The minimum Gasteiger partial charge on any atom is -0.310 e. The number of hydrogen-bond acceptors (Lipinski definition) is 1. The van der Waals surface area contributed by atoms with Gasteiger partial charge in [0, 0.05) is 6.04 Å². The van der Waals surface area contributed by atoms with Crippen LogP contribution in [0.5, 0.6) is 0 Å². The standard InChI is InChI=1S/C13H17N/c1-9-2-4-10(5-3-9)13-7-11-6-12(11)8-14-13/h2-5,11-14H,6-8H2,1H3. The van der Waals surface area contributed by atoms with Crippen molar-refractivity contribution in [1.82, 2.24) is 5.32 Å². The van der Waals surface area contributed by atoms with Gasteiger partial charge in [0.25, 0.3) is 0 Å². The van der Waals surface area contributed by atoms with Gasteiger partial charge in [-0.25, -0.2) is 0 Å². The van der Waals surface area contributed by atoms with Crippen molar-refractivity contribution in [2.45, 2.75) is 25.8 Å². The fourth-order valence-electron chi connectivity index (χ4n) is 2.58. The highest BCUT2D eigenvalue weighted by molar-refractivity contribution is 5.25. The summed E-state index contributed by atoms with van der Waals surface area (Å²) in [4.78, 5) is 0. The largest absolute Gasteiger partial charge is 0.310 e. The molecule has 2 aliphatic rings. The molecule has 1 saturated heterocycles. The van der Waals surface area contributed by atoms with Crippen LogP contribution in [0.25, 0.3) is 0 Å². The predicted octanol–water partition coefficient (Wildman–Crippen LogP) is 2.67. The number of aryl methyl sites for hydroxylation is 1. The molecule has 0 amide bonds. The van der Waals surface area contributed by atoms with E-state index in [0.717, 1.165) is 11.8 Å². The van der Waals surface area contributed by atoms with E-state index in [4.69, 9.17) is 0 Å². The van der Waals surface area contributed by atoms with E-state index in [1.54, 1.807) is 0 Å². The Morgan fingerprint density at radius 2 is 1.86 bits per heavy atom. The number of hydrogen-bond donors (Lipinski definition) is 1. The molecular formula is C13H17N. The molecule has 1 aromatic carbocycles. The van der Waals surface area contributed by atoms with Crippen molar-refractivity contribution in [2.75, 3.05) is 6.54 Å². The first-order chi connectivity index (χ1) is 6.83. The van der Waals surface area contributed by atoms with Crippen LogP contribution >= 0.6 is 0 Å². The highest BCUT2D eigenvalue weighted by Crippen LogP contribution is 2.47. The lowest BCUT2D eigenvalue weighted by Crippen LogP contribution is -2.28. The van der Waals surface area contributed by atoms with Crippen molar-refractivity contribution in [3.05, 3.63) is 35.4 Å². The lowest BCUT2D eigenvalue weighted by Gasteiger charge is -2.23. The van der Waals surface area contributed by atoms with E-state index in [1.807, 2.05) is 0 Å². The van der Waals surface area contributed by atoms with Crippen LogP contribution in [0, 0.1) is 18.8 Å². The van der Waals surface area contributed by atoms with Gasteiger partial charge in [0.1, 0.15) is 0 Å². The lowest BCUT2D eigenvalue weighted by molar-refractivity contribution is 0.395. The third-order valence-corrected chi connectivity index (χ3v) is 3.71. The molecule has 1 N–H and O–H groups in total. The van der Waals surface area contributed by atoms with Crippen molar-refractivity contribution in [3.8, 4) is 0 Å². The lowest BCUT2D eigenvalue weighted by atomic mass is 9.97. The van der Waals surface area contributed by atoms with Crippen LogP contribution in [-0.2, 0) is 0 Å². The molecule has 1 aliphatic heterocycles. The quantitative estimate of drug-likeness (QED) is 0.712. The van der Waals surface area contributed by atoms with Crippen LogP contribution in [0.4, 0.5) is 0 Å². The average Bonchev–Trinajstić information content (AvgIpc) is 2.96. The first-order valence-corrected chi connectivity index (χ1v) is 5.63. The third-order valence-electron chi connectivity index (χ3n) is 3.71. The number of rotatable bonds is 1. The molecule has 3 atom stereocenters. The third kappa shape index (κ3) is 1.46. The molecule has 1 nitrogen and oxygen atoms in total. The van der Waals surface area contributed by atoms with E-state index < -0.39 is 0 Å². The van der Waals surface area contributed by atoms with E-state index in [1.165, 1.54) is 30.5 Å². The summed E-state index contributed by atoms with van der Waals surface area (Å²) >= 11 is 0. The van der Waals surface area contributed by atoms with Gasteiger partial charge in [-0.15, -0.1) is 0 Å². The first-order valence-electron chi connectivity index (χ1n) is 5.63. The summed E-state index contributed by atoms with van der Waals surface area (Å²) in [7, 11) is 0. The zero-order valence-corrected chi connectivity index (χ0v) is 8.66. The highest BCUT2D eigenvalue weighted by Gasteiger charge is 2.42. The van der Waals surface area contributed by atoms with Crippen molar-refractivity contribution in [2.24, 2.45) is 11.8 Å². The number of piperidine rings is 1. The Kier molecular flexibility index (Phi) is 1.88. The topological polar surface area (TPSA) is 12.0 Å². The van der Waals surface area contributed by atoms with Crippen molar-refractivity contribution in [1.29, 1.82) is 0 Å². The molecule has 3 unspecified atom stereocenters. The zero-order chi connectivity index (χ0) is 9.54. The molecule has 1 saturated carbocycles. The van der Waals surface area contributed by atoms with Crippen molar-refractivity contribution >= 4 is 0 Å². The molecule has 1 aromatic rings. The molecule has 1 heterocycles. The van der Waals surface area contributed by atoms with Crippen LogP contribution < -0.4 is 5.32 Å². The van der Waals surface area contributed by atoms with Crippen LogP contribution in [0.2, 0.25) is 0 Å². The number of benzene rings is 1. The van der Waals surface area contributed by atoms with Gasteiger partial charge in [-0.1, -0.05) is 29.8 Å². The summed E-state index contributed by atoms with van der Waals surface area (Å²) in [6.07, 6.45) is 2.82. The summed E-state index contributed by atoms with van der Waals surface area (Å²) in [6, 6.07) is 9.61. The summed E-state index contributed by atoms with van der Waals surface area (Å²) < 4.78 is 0. The van der Waals surface area contributed by atoms with E-state index in [-0.39, 0.29) is 0 Å². The summed E-state index contributed by atoms with van der Waals surface area (Å²) in [6.45, 7) is 3.39. The van der Waals surface area contributed by atoms with E-state index in [2.05, 4.69) is 36.5 Å². The maximum absolute atomic E-state index is 3.65. The summed E-state index contributed by atoms with van der Waals surface area (Å²) in [5, 5.41) is 3.65. The molecule has 0 spiro atoms. The van der Waals surface area contributed by atoms with Crippen LogP contribution in [0.3, 0.4) is 0 Å². The second-order valence-corrected chi connectivity index (χ2v) is 4.86. The van der Waals surface area contributed by atoms with Gasteiger partial charge in [-0.05, 0) is 43.7 Å². The fourth-order valence-corrected chi connectivity index (χ4v) is 2.58. The Labute approximate surface area is 85.5 Å². The average molecular weight is 187 g/mol. The van der Waals surface area contributed by atoms with E-state index in [9.17, 15) is 0 Å². The minimum atomic E-state index is 0.624. The first kappa shape index (κ1) is 8.49. The Bertz CT molecular complexity index is 328. The van der Waals surface area contributed by atoms with Gasteiger partial charge in [0.05, 0.1) is 0 Å². The molecular weight excluding hydrogens is 170 g/mol. The minimum absolute atomic E-state index is 0.624. The maximum atomic E-state index is 3.65. The second kappa shape index (κ2) is 3.09. The molecule has 1 aliphatic carbocycles. The van der Waals surface area contributed by atoms with Crippen molar-refractivity contribution in [3.63, 3.8) is 0 Å². The smallest absolute Gasteiger partial charge is 0.0323 e. The SMILES string of the molecule is Cc1ccc(C2CC3CC3CN2)cc1. The predicted molar refractivity (Wildman–Crippen MR) is 58.1 cm³/mol. The summed E-state index contributed by atoms with van der Waals surface area (Å²) in [5.74, 6) is 2.04. The Balaban J connectivity index is 1.77. The molecule has 1 heteroatoms. The molecule has 74 valence electrons. The summed E-state index contributed by atoms with van der Waals surface area (Å²) in [5.41, 5.74) is 2.83. The van der Waals surface area contributed by atoms with Gasteiger partial charge in [-0.3, -0.25) is 0 Å². The molecule has 14 heavy (non-hydrogen) atoms. The van der Waals surface area contributed by atoms with Gasteiger partial charge in [0.2, 0.25) is 0 Å². The number of fused-ring (bicyclic) bond motifs is 1. The second-order valence-electron chi connectivity index (χ2n) is 4.86. The number of nitrogens with one attached hydrogen (secondary N) is 1. The van der Waals surface area contributed by atoms with Gasteiger partial charge in [-0.2, -0.15) is 0 Å².